The smallest absolute Gasteiger partial charge is 0.378 e. The van der Waals surface area contributed by atoms with Crippen molar-refractivity contribution in [3.63, 3.8) is 0 Å². The van der Waals surface area contributed by atoms with Gasteiger partial charge in [-0.25, -0.2) is 4.79 Å². The number of alkyl halides is 3. The van der Waals surface area contributed by atoms with E-state index in [1.54, 1.807) is 7.11 Å². The molecule has 112 valence electrons. The number of ether oxygens (including phenoxy) is 1. The second-order valence-corrected chi connectivity index (χ2v) is 5.68. The van der Waals surface area contributed by atoms with Crippen LogP contribution >= 0.6 is 0 Å². The Hall–Kier alpha value is -0.980. The van der Waals surface area contributed by atoms with E-state index < -0.39 is 25.2 Å². The van der Waals surface area contributed by atoms with Gasteiger partial charge in [-0.1, -0.05) is 13.8 Å². The highest BCUT2D eigenvalue weighted by Gasteiger charge is 2.58. The van der Waals surface area contributed by atoms with E-state index in [1.165, 1.54) is 0 Å². The minimum Gasteiger partial charge on any atom is -0.378 e. The molecule has 0 spiro atoms. The zero-order chi connectivity index (χ0) is 14.9. The maximum absolute atomic E-state index is 11.9. The van der Waals surface area contributed by atoms with Crippen LogP contribution in [-0.2, 0) is 4.74 Å². The molecule has 1 aliphatic rings. The molecule has 0 aliphatic heterocycles. The standard InChI is InChI=1S/C12H21F3N2O2/c1-10(2)8(7-11(10,3)19-4)17-9(18)16-6-5-12(13,14)15/h8H,5-7H2,1-4H3,(H2,16,17,18)/t8-,11+/m0/s1. The third-order valence-corrected chi connectivity index (χ3v) is 4.28. The van der Waals surface area contributed by atoms with E-state index in [4.69, 9.17) is 4.74 Å². The van der Waals surface area contributed by atoms with Gasteiger partial charge in [0.15, 0.2) is 0 Å². The first kappa shape index (κ1) is 16.1. The summed E-state index contributed by atoms with van der Waals surface area (Å²) < 4.78 is 41.2. The van der Waals surface area contributed by atoms with E-state index in [-0.39, 0.29) is 17.1 Å². The summed E-state index contributed by atoms with van der Waals surface area (Å²) >= 11 is 0. The third-order valence-electron chi connectivity index (χ3n) is 4.28. The molecule has 19 heavy (non-hydrogen) atoms. The SMILES string of the molecule is CO[C@]1(C)C[C@H](NC(=O)NCCC(F)(F)F)C1(C)C. The van der Waals surface area contributed by atoms with Gasteiger partial charge in [0.1, 0.15) is 0 Å². The Morgan fingerprint density at radius 1 is 1.37 bits per heavy atom. The van der Waals surface area contributed by atoms with Crippen LogP contribution in [0.4, 0.5) is 18.0 Å². The molecule has 0 unspecified atom stereocenters. The molecular weight excluding hydrogens is 261 g/mol. The number of carbonyl (C=O) groups is 1. The maximum Gasteiger partial charge on any atom is 0.390 e. The molecule has 0 saturated heterocycles. The summed E-state index contributed by atoms with van der Waals surface area (Å²) in [5.74, 6) is 0. The lowest BCUT2D eigenvalue weighted by Crippen LogP contribution is -2.69. The van der Waals surface area contributed by atoms with Crippen molar-refractivity contribution in [1.82, 2.24) is 10.6 Å². The van der Waals surface area contributed by atoms with Crippen molar-refractivity contribution in [1.29, 1.82) is 0 Å². The van der Waals surface area contributed by atoms with E-state index in [0.717, 1.165) is 0 Å². The molecular formula is C12H21F3N2O2. The Kier molecular flexibility index (Phi) is 4.39. The van der Waals surface area contributed by atoms with Crippen LogP contribution in [0.5, 0.6) is 0 Å². The summed E-state index contributed by atoms with van der Waals surface area (Å²) in [5.41, 5.74) is -0.583. The van der Waals surface area contributed by atoms with E-state index in [0.29, 0.717) is 6.42 Å². The Morgan fingerprint density at radius 3 is 2.37 bits per heavy atom. The molecule has 7 heteroatoms. The minimum absolute atomic E-state index is 0.108. The van der Waals surface area contributed by atoms with Crippen molar-refractivity contribution in [2.45, 2.75) is 51.4 Å². The fourth-order valence-electron chi connectivity index (χ4n) is 2.25. The zero-order valence-corrected chi connectivity index (χ0v) is 11.6. The van der Waals surface area contributed by atoms with E-state index in [2.05, 4.69) is 10.6 Å². The molecule has 0 bridgehead atoms. The predicted octanol–water partition coefficient (Wildman–Crippen LogP) is 2.44. The predicted molar refractivity (Wildman–Crippen MR) is 64.8 cm³/mol. The van der Waals surface area contributed by atoms with Gasteiger partial charge in [-0.3, -0.25) is 0 Å². The molecule has 1 fully saturated rings. The zero-order valence-electron chi connectivity index (χ0n) is 11.6. The van der Waals surface area contributed by atoms with Crippen LogP contribution in [0.25, 0.3) is 0 Å². The molecule has 2 amide bonds. The summed E-state index contributed by atoms with van der Waals surface area (Å²) in [6, 6.07) is -0.677. The summed E-state index contributed by atoms with van der Waals surface area (Å²) in [7, 11) is 1.61. The number of carbonyl (C=O) groups excluding carboxylic acids is 1. The molecule has 0 heterocycles. The van der Waals surface area contributed by atoms with Gasteiger partial charge in [-0.2, -0.15) is 13.2 Å². The lowest BCUT2D eigenvalue weighted by Gasteiger charge is -2.59. The lowest BCUT2D eigenvalue weighted by atomic mass is 9.56. The highest BCUT2D eigenvalue weighted by atomic mass is 19.4. The molecule has 1 rings (SSSR count). The first-order valence-electron chi connectivity index (χ1n) is 6.18. The van der Waals surface area contributed by atoms with Crippen LogP contribution in [0.3, 0.4) is 0 Å². The van der Waals surface area contributed by atoms with Crippen LogP contribution in [0.1, 0.15) is 33.6 Å². The van der Waals surface area contributed by atoms with E-state index in [1.807, 2.05) is 20.8 Å². The van der Waals surface area contributed by atoms with Crippen LogP contribution in [0, 0.1) is 5.41 Å². The Labute approximate surface area is 111 Å². The summed E-state index contributed by atoms with van der Waals surface area (Å²) in [4.78, 5) is 11.5. The maximum atomic E-state index is 11.9. The molecule has 1 saturated carbocycles. The van der Waals surface area contributed by atoms with Crippen LogP contribution < -0.4 is 10.6 Å². The van der Waals surface area contributed by atoms with Crippen molar-refractivity contribution in [2.24, 2.45) is 5.41 Å². The monoisotopic (exact) mass is 282 g/mol. The largest absolute Gasteiger partial charge is 0.390 e. The number of nitrogens with one attached hydrogen (secondary N) is 2. The Balaban J connectivity index is 2.36. The summed E-state index contributed by atoms with van der Waals surface area (Å²) in [6.45, 7) is 5.46. The first-order chi connectivity index (χ1) is 8.52. The first-order valence-corrected chi connectivity index (χ1v) is 6.18. The van der Waals surface area contributed by atoms with E-state index >= 15 is 0 Å². The fraction of sp³-hybridized carbons (Fsp3) is 0.917. The van der Waals surface area contributed by atoms with Gasteiger partial charge in [0, 0.05) is 25.1 Å². The van der Waals surface area contributed by atoms with Crippen molar-refractivity contribution in [3.8, 4) is 0 Å². The number of halogens is 3. The van der Waals surface area contributed by atoms with Crippen LogP contribution in [0.15, 0.2) is 0 Å². The molecule has 1 aliphatic carbocycles. The van der Waals surface area contributed by atoms with Gasteiger partial charge in [0.2, 0.25) is 0 Å². The number of methoxy groups -OCH3 is 1. The number of urea groups is 1. The van der Waals surface area contributed by atoms with Crippen molar-refractivity contribution >= 4 is 6.03 Å². The highest BCUT2D eigenvalue weighted by molar-refractivity contribution is 5.74. The second kappa shape index (κ2) is 5.19. The third kappa shape index (κ3) is 3.52. The van der Waals surface area contributed by atoms with Crippen molar-refractivity contribution in [2.75, 3.05) is 13.7 Å². The van der Waals surface area contributed by atoms with Gasteiger partial charge >= 0.3 is 12.2 Å². The lowest BCUT2D eigenvalue weighted by molar-refractivity contribution is -0.177. The van der Waals surface area contributed by atoms with Gasteiger partial charge in [-0.15, -0.1) is 0 Å². The summed E-state index contributed by atoms with van der Waals surface area (Å²) in [5, 5.41) is 4.90. The average Bonchev–Trinajstić information content (AvgIpc) is 2.26. The molecule has 2 atom stereocenters. The number of amides is 2. The summed E-state index contributed by atoms with van der Waals surface area (Å²) in [6.07, 6.45) is -4.63. The van der Waals surface area contributed by atoms with Crippen molar-refractivity contribution < 1.29 is 22.7 Å². The minimum atomic E-state index is -4.25. The number of rotatable bonds is 4. The molecule has 4 nitrogen and oxygen atoms in total. The van der Waals surface area contributed by atoms with Crippen molar-refractivity contribution in [3.05, 3.63) is 0 Å². The quantitative estimate of drug-likeness (QED) is 0.832. The van der Waals surface area contributed by atoms with Gasteiger partial charge in [0.25, 0.3) is 0 Å². The fourth-order valence-corrected chi connectivity index (χ4v) is 2.25. The number of hydrogen-bond donors (Lipinski definition) is 2. The van der Waals surface area contributed by atoms with E-state index in [9.17, 15) is 18.0 Å². The number of hydrogen-bond acceptors (Lipinski definition) is 2. The van der Waals surface area contributed by atoms with Gasteiger partial charge in [-0.05, 0) is 13.3 Å². The molecule has 0 aromatic heterocycles. The molecule has 2 N–H and O–H groups in total. The normalized spacial score (nSPS) is 29.5. The second-order valence-electron chi connectivity index (χ2n) is 5.68. The average molecular weight is 282 g/mol. The Morgan fingerprint density at radius 2 is 1.95 bits per heavy atom. The molecule has 0 aromatic carbocycles. The highest BCUT2D eigenvalue weighted by Crippen LogP contribution is 2.51. The van der Waals surface area contributed by atoms with Gasteiger partial charge < -0.3 is 15.4 Å². The topological polar surface area (TPSA) is 50.4 Å². The van der Waals surface area contributed by atoms with Gasteiger partial charge in [0.05, 0.1) is 12.0 Å². The Bertz CT molecular complexity index is 344. The molecule has 0 aromatic rings. The van der Waals surface area contributed by atoms with Crippen LogP contribution in [-0.4, -0.2) is 37.5 Å². The van der Waals surface area contributed by atoms with Crippen LogP contribution in [0.2, 0.25) is 0 Å². The molecule has 0 radical (unpaired) electrons.